The van der Waals surface area contributed by atoms with E-state index in [0.717, 1.165) is 0 Å². The molecule has 0 aliphatic rings. The molecule has 0 radical (unpaired) electrons. The highest BCUT2D eigenvalue weighted by Crippen LogP contribution is 2.26. The van der Waals surface area contributed by atoms with Gasteiger partial charge >= 0.3 is 0 Å². The number of nitrogens with two attached hydrogens (primary N) is 1. The Morgan fingerprint density at radius 1 is 0.963 bits per heavy atom. The summed E-state index contributed by atoms with van der Waals surface area (Å²) in [6, 6.07) is 17.5. The van der Waals surface area contributed by atoms with E-state index in [0.29, 0.717) is 5.75 Å². The van der Waals surface area contributed by atoms with Gasteiger partial charge in [0.2, 0.25) is 10.0 Å². The highest BCUT2D eigenvalue weighted by molar-refractivity contribution is 7.89. The number of rotatable bonds is 5. The van der Waals surface area contributed by atoms with Crippen LogP contribution in [0, 0.1) is 5.82 Å². The Labute approximate surface area is 155 Å². The Balaban J connectivity index is 1.84. The Kier molecular flexibility index (Phi) is 5.20. The minimum atomic E-state index is -3.88. The molecular formula is C19H15FN2O4S. The quantitative estimate of drug-likeness (QED) is 0.701. The Hall–Kier alpha value is -3.23. The van der Waals surface area contributed by atoms with Gasteiger partial charge in [-0.15, -0.1) is 0 Å². The van der Waals surface area contributed by atoms with E-state index >= 15 is 0 Å². The van der Waals surface area contributed by atoms with Crippen molar-refractivity contribution in [3.63, 3.8) is 0 Å². The van der Waals surface area contributed by atoms with Gasteiger partial charge in [0, 0.05) is 5.69 Å². The van der Waals surface area contributed by atoms with Gasteiger partial charge in [-0.25, -0.2) is 17.9 Å². The molecule has 3 aromatic rings. The summed E-state index contributed by atoms with van der Waals surface area (Å²) in [5.74, 6) is -0.264. The molecule has 0 aromatic heterocycles. The minimum Gasteiger partial charge on any atom is -0.457 e. The first kappa shape index (κ1) is 18.6. The van der Waals surface area contributed by atoms with Gasteiger partial charge in [0.05, 0.1) is 10.5 Å². The number of benzene rings is 3. The molecule has 138 valence electrons. The SMILES string of the molecule is NS(=O)(=O)c1cccc(NC(=O)c2ccccc2Oc2ccc(F)cc2)c1. The van der Waals surface area contributed by atoms with Crippen LogP contribution >= 0.6 is 0 Å². The molecule has 8 heteroatoms. The highest BCUT2D eigenvalue weighted by Gasteiger charge is 2.15. The molecule has 1 amide bonds. The molecule has 0 bridgehead atoms. The molecule has 3 aromatic carbocycles. The number of para-hydroxylation sites is 1. The zero-order chi connectivity index (χ0) is 19.4. The van der Waals surface area contributed by atoms with Gasteiger partial charge < -0.3 is 10.1 Å². The molecule has 0 aliphatic carbocycles. The number of ether oxygens (including phenoxy) is 1. The maximum absolute atomic E-state index is 13.0. The Morgan fingerprint density at radius 3 is 2.37 bits per heavy atom. The zero-order valence-corrected chi connectivity index (χ0v) is 14.7. The third kappa shape index (κ3) is 4.69. The van der Waals surface area contributed by atoms with Gasteiger partial charge in [-0.2, -0.15) is 0 Å². The number of amides is 1. The van der Waals surface area contributed by atoms with E-state index in [2.05, 4.69) is 5.32 Å². The van der Waals surface area contributed by atoms with Crippen LogP contribution in [0.2, 0.25) is 0 Å². The van der Waals surface area contributed by atoms with Crippen molar-refractivity contribution in [3.8, 4) is 11.5 Å². The average molecular weight is 386 g/mol. The predicted molar refractivity (Wildman–Crippen MR) is 98.7 cm³/mol. The summed E-state index contributed by atoms with van der Waals surface area (Å²) >= 11 is 0. The first-order chi connectivity index (χ1) is 12.8. The number of carbonyl (C=O) groups excluding carboxylic acids is 1. The van der Waals surface area contributed by atoms with Crippen LogP contribution in [0.5, 0.6) is 11.5 Å². The molecule has 0 saturated heterocycles. The van der Waals surface area contributed by atoms with Crippen molar-refractivity contribution >= 4 is 21.6 Å². The summed E-state index contributed by atoms with van der Waals surface area (Å²) in [5, 5.41) is 7.71. The van der Waals surface area contributed by atoms with Crippen LogP contribution in [0.25, 0.3) is 0 Å². The molecule has 0 aliphatic heterocycles. The van der Waals surface area contributed by atoms with Crippen LogP contribution < -0.4 is 15.2 Å². The number of carbonyl (C=O) groups is 1. The van der Waals surface area contributed by atoms with Gasteiger partial charge in [-0.1, -0.05) is 18.2 Å². The summed E-state index contributed by atoms with van der Waals surface area (Å²) in [4.78, 5) is 12.5. The molecule has 3 rings (SSSR count). The fourth-order valence-corrected chi connectivity index (χ4v) is 2.88. The van der Waals surface area contributed by atoms with Crippen molar-refractivity contribution in [2.45, 2.75) is 4.90 Å². The summed E-state index contributed by atoms with van der Waals surface area (Å²) in [6.07, 6.45) is 0. The lowest BCUT2D eigenvalue weighted by molar-refractivity contribution is 0.102. The van der Waals surface area contributed by atoms with Crippen molar-refractivity contribution in [1.29, 1.82) is 0 Å². The second-order valence-corrected chi connectivity index (χ2v) is 7.14. The molecule has 0 heterocycles. The highest BCUT2D eigenvalue weighted by atomic mass is 32.2. The standard InChI is InChI=1S/C19H15FN2O4S/c20-13-8-10-15(11-9-13)26-18-7-2-1-6-17(18)19(23)22-14-4-3-5-16(12-14)27(21,24)25/h1-12H,(H,22,23)(H2,21,24,25). The fraction of sp³-hybridized carbons (Fsp3) is 0. The second kappa shape index (κ2) is 7.56. The number of primary sulfonamides is 1. The van der Waals surface area contributed by atoms with Gasteiger partial charge in [0.1, 0.15) is 17.3 Å². The van der Waals surface area contributed by atoms with E-state index in [1.54, 1.807) is 24.3 Å². The summed E-state index contributed by atoms with van der Waals surface area (Å²) < 4.78 is 41.6. The van der Waals surface area contributed by atoms with Crippen molar-refractivity contribution in [1.82, 2.24) is 0 Å². The van der Waals surface area contributed by atoms with E-state index in [4.69, 9.17) is 9.88 Å². The van der Waals surface area contributed by atoms with Crippen molar-refractivity contribution < 1.29 is 22.3 Å². The predicted octanol–water partition coefficient (Wildman–Crippen LogP) is 3.52. The normalized spacial score (nSPS) is 11.0. The molecule has 27 heavy (non-hydrogen) atoms. The van der Waals surface area contributed by atoms with Gasteiger partial charge in [0.15, 0.2) is 0 Å². The number of sulfonamides is 1. The molecule has 0 atom stereocenters. The van der Waals surface area contributed by atoms with Crippen LogP contribution in [-0.2, 0) is 10.0 Å². The largest absolute Gasteiger partial charge is 0.457 e. The number of hydrogen-bond donors (Lipinski definition) is 2. The van der Waals surface area contributed by atoms with Crippen molar-refractivity contribution in [3.05, 3.63) is 84.2 Å². The zero-order valence-electron chi connectivity index (χ0n) is 13.9. The molecule has 3 N–H and O–H groups in total. The molecule has 0 spiro atoms. The average Bonchev–Trinajstić information content (AvgIpc) is 2.63. The van der Waals surface area contributed by atoms with Gasteiger partial charge in [0.25, 0.3) is 5.91 Å². The van der Waals surface area contributed by atoms with Crippen molar-refractivity contribution in [2.75, 3.05) is 5.32 Å². The molecule has 0 saturated carbocycles. The monoisotopic (exact) mass is 386 g/mol. The molecule has 6 nitrogen and oxygen atoms in total. The lowest BCUT2D eigenvalue weighted by atomic mass is 10.1. The van der Waals surface area contributed by atoms with E-state index in [1.807, 2.05) is 0 Å². The minimum absolute atomic E-state index is 0.115. The number of halogens is 1. The molecule has 0 fully saturated rings. The Bertz CT molecular complexity index is 1080. The molecule has 0 unspecified atom stereocenters. The first-order valence-electron chi connectivity index (χ1n) is 7.79. The second-order valence-electron chi connectivity index (χ2n) is 5.58. The van der Waals surface area contributed by atoms with E-state index in [9.17, 15) is 17.6 Å². The maximum Gasteiger partial charge on any atom is 0.259 e. The van der Waals surface area contributed by atoms with Gasteiger partial charge in [-0.3, -0.25) is 4.79 Å². The summed E-state index contributed by atoms with van der Waals surface area (Å²) in [5.41, 5.74) is 0.492. The maximum atomic E-state index is 13.0. The number of nitrogens with one attached hydrogen (secondary N) is 1. The summed E-state index contributed by atoms with van der Waals surface area (Å²) in [6.45, 7) is 0. The third-order valence-electron chi connectivity index (χ3n) is 3.59. The number of anilines is 1. The third-order valence-corrected chi connectivity index (χ3v) is 4.50. The fourth-order valence-electron chi connectivity index (χ4n) is 2.32. The van der Waals surface area contributed by atoms with E-state index < -0.39 is 21.7 Å². The van der Waals surface area contributed by atoms with E-state index in [1.165, 1.54) is 48.5 Å². The topological polar surface area (TPSA) is 98.5 Å². The van der Waals surface area contributed by atoms with Crippen LogP contribution in [0.15, 0.2) is 77.7 Å². The first-order valence-corrected chi connectivity index (χ1v) is 9.34. The van der Waals surface area contributed by atoms with Crippen LogP contribution in [0.3, 0.4) is 0 Å². The van der Waals surface area contributed by atoms with E-state index in [-0.39, 0.29) is 21.9 Å². The lowest BCUT2D eigenvalue weighted by Crippen LogP contribution is -2.15. The van der Waals surface area contributed by atoms with Crippen molar-refractivity contribution in [2.24, 2.45) is 5.14 Å². The lowest BCUT2D eigenvalue weighted by Gasteiger charge is -2.12. The molecular weight excluding hydrogens is 371 g/mol. The summed E-state index contributed by atoms with van der Waals surface area (Å²) in [7, 11) is -3.88. The van der Waals surface area contributed by atoms with Crippen LogP contribution in [0.1, 0.15) is 10.4 Å². The van der Waals surface area contributed by atoms with Crippen LogP contribution in [-0.4, -0.2) is 14.3 Å². The number of hydrogen-bond acceptors (Lipinski definition) is 4. The van der Waals surface area contributed by atoms with Crippen LogP contribution in [0.4, 0.5) is 10.1 Å². The van der Waals surface area contributed by atoms with Gasteiger partial charge in [-0.05, 0) is 54.6 Å². The Morgan fingerprint density at radius 2 is 1.67 bits per heavy atom. The smallest absolute Gasteiger partial charge is 0.259 e.